The zero-order valence-corrected chi connectivity index (χ0v) is 17.7. The van der Waals surface area contributed by atoms with Gasteiger partial charge < -0.3 is 55.1 Å². The van der Waals surface area contributed by atoms with Crippen LogP contribution in [0.4, 0.5) is 0 Å². The van der Waals surface area contributed by atoms with Crippen molar-refractivity contribution in [3.8, 4) is 45.8 Å². The van der Waals surface area contributed by atoms with Crippen molar-refractivity contribution < 1.29 is 59.5 Å². The summed E-state index contributed by atoms with van der Waals surface area (Å²) in [6.07, 6.45) is -7.88. The standard InChI is InChI=1S/C22H22O12/c1-31-14-3-8(2-12(26)17(14)27)21-15(6-10-11(25)4-9(24)5-13(10)32-21)33-22-20(30)19(29)18(28)16(7-23)34-22/h2-6,16,18-20,22-23,28-30H,7H2,1H3,(H3-,24,25,26,27)/p+1/t16-,18-,19+,20-,22+/m1/s1. The van der Waals surface area contributed by atoms with Crippen molar-refractivity contribution in [1.82, 2.24) is 0 Å². The SMILES string of the molecule is COc1cc(-c2[o+]c3cc(O)cc(O)c3cc2O[C@H]2O[C@H](CO)[C@@H](O)[C@H](O)[C@H]2O)cc(O)c1O. The first-order valence-corrected chi connectivity index (χ1v) is 10.0. The number of methoxy groups -OCH3 is 1. The van der Waals surface area contributed by atoms with E-state index >= 15 is 0 Å². The van der Waals surface area contributed by atoms with Crippen molar-refractivity contribution in [1.29, 1.82) is 0 Å². The molecule has 1 aliphatic rings. The van der Waals surface area contributed by atoms with E-state index in [1.54, 1.807) is 0 Å². The Hall–Kier alpha value is -3.55. The first-order chi connectivity index (χ1) is 16.1. The lowest BCUT2D eigenvalue weighted by Crippen LogP contribution is -2.60. The third-order valence-corrected chi connectivity index (χ3v) is 5.44. The van der Waals surface area contributed by atoms with Crippen molar-refractivity contribution in [3.63, 3.8) is 0 Å². The van der Waals surface area contributed by atoms with Gasteiger partial charge in [0, 0.05) is 24.3 Å². The Morgan fingerprint density at radius 3 is 2.29 bits per heavy atom. The summed E-state index contributed by atoms with van der Waals surface area (Å²) in [5.41, 5.74) is 0.136. The highest BCUT2D eigenvalue weighted by Gasteiger charge is 2.45. The molecule has 0 spiro atoms. The average molecular weight is 479 g/mol. The lowest BCUT2D eigenvalue weighted by atomic mass is 9.99. The highest BCUT2D eigenvalue weighted by Crippen LogP contribution is 2.45. The third-order valence-electron chi connectivity index (χ3n) is 5.44. The van der Waals surface area contributed by atoms with Crippen molar-refractivity contribution >= 4 is 11.0 Å². The summed E-state index contributed by atoms with van der Waals surface area (Å²) in [4.78, 5) is 0. The minimum atomic E-state index is -1.74. The van der Waals surface area contributed by atoms with Gasteiger partial charge in [-0.3, -0.25) is 0 Å². The van der Waals surface area contributed by atoms with Gasteiger partial charge in [-0.2, -0.15) is 0 Å². The van der Waals surface area contributed by atoms with Crippen molar-refractivity contribution in [3.05, 3.63) is 30.3 Å². The second-order valence-electron chi connectivity index (χ2n) is 7.68. The normalized spacial score (nSPS) is 24.8. The van der Waals surface area contributed by atoms with Crippen LogP contribution in [0.25, 0.3) is 22.3 Å². The quantitative estimate of drug-likeness (QED) is 0.185. The Morgan fingerprint density at radius 2 is 1.62 bits per heavy atom. The van der Waals surface area contributed by atoms with Crippen LogP contribution in [0.3, 0.4) is 0 Å². The number of hydrogen-bond donors (Lipinski definition) is 8. The Bertz CT molecular complexity index is 1210. The number of phenols is 4. The number of aliphatic hydroxyl groups is 4. The molecule has 0 amide bonds. The topological polar surface area (TPSA) is 201 Å². The van der Waals surface area contributed by atoms with Gasteiger partial charge >= 0.3 is 11.3 Å². The molecule has 5 atom stereocenters. The summed E-state index contributed by atoms with van der Waals surface area (Å²) >= 11 is 0. The Morgan fingerprint density at radius 1 is 0.882 bits per heavy atom. The highest BCUT2D eigenvalue weighted by atomic mass is 16.7. The third kappa shape index (κ3) is 4.08. The summed E-state index contributed by atoms with van der Waals surface area (Å²) in [7, 11) is 1.26. The lowest BCUT2D eigenvalue weighted by molar-refractivity contribution is -0.277. The molecule has 12 nitrogen and oxygen atoms in total. The molecule has 0 unspecified atom stereocenters. The molecule has 34 heavy (non-hydrogen) atoms. The molecule has 8 N–H and O–H groups in total. The zero-order chi connectivity index (χ0) is 24.7. The predicted octanol–water partition coefficient (Wildman–Crippen LogP) is 0.391. The molecular formula is C22H23O12+. The molecule has 182 valence electrons. The van der Waals surface area contributed by atoms with Crippen LogP contribution >= 0.6 is 0 Å². The van der Waals surface area contributed by atoms with Gasteiger partial charge in [-0.15, -0.1) is 0 Å². The second-order valence-corrected chi connectivity index (χ2v) is 7.68. The maximum Gasteiger partial charge on any atom is 0.402 e. The molecule has 1 saturated heterocycles. The highest BCUT2D eigenvalue weighted by molar-refractivity contribution is 5.88. The Labute approximate surface area is 191 Å². The molecule has 0 radical (unpaired) electrons. The molecule has 1 aromatic heterocycles. The largest absolute Gasteiger partial charge is 0.507 e. The smallest absolute Gasteiger partial charge is 0.402 e. The van der Waals surface area contributed by atoms with E-state index in [-0.39, 0.29) is 45.3 Å². The average Bonchev–Trinajstić information content (AvgIpc) is 2.81. The van der Waals surface area contributed by atoms with E-state index in [1.165, 1.54) is 25.3 Å². The number of fused-ring (bicyclic) bond motifs is 1. The van der Waals surface area contributed by atoms with Crippen LogP contribution in [0.2, 0.25) is 0 Å². The van der Waals surface area contributed by atoms with Crippen LogP contribution in [-0.4, -0.2) is 85.3 Å². The van der Waals surface area contributed by atoms with Crippen LogP contribution in [0.15, 0.2) is 34.7 Å². The fourth-order valence-corrected chi connectivity index (χ4v) is 3.64. The molecule has 0 saturated carbocycles. The van der Waals surface area contributed by atoms with E-state index in [1.807, 2.05) is 0 Å². The van der Waals surface area contributed by atoms with E-state index in [4.69, 9.17) is 18.6 Å². The number of aromatic hydroxyl groups is 4. The fourth-order valence-electron chi connectivity index (χ4n) is 3.64. The molecule has 12 heteroatoms. The van der Waals surface area contributed by atoms with Crippen LogP contribution in [0, 0.1) is 0 Å². The number of aliphatic hydroxyl groups excluding tert-OH is 4. The second kappa shape index (κ2) is 9.00. The maximum absolute atomic E-state index is 10.4. The molecule has 0 bridgehead atoms. The molecule has 1 aliphatic heterocycles. The van der Waals surface area contributed by atoms with Gasteiger partial charge in [0.2, 0.25) is 17.8 Å². The lowest BCUT2D eigenvalue weighted by Gasteiger charge is -2.39. The van der Waals surface area contributed by atoms with E-state index in [2.05, 4.69) is 0 Å². The van der Waals surface area contributed by atoms with Gasteiger partial charge in [0.1, 0.15) is 41.3 Å². The summed E-state index contributed by atoms with van der Waals surface area (Å²) < 4.78 is 22.0. The minimum Gasteiger partial charge on any atom is -0.507 e. The first kappa shape index (κ1) is 23.6. The summed E-state index contributed by atoms with van der Waals surface area (Å²) in [6, 6.07) is 6.01. The number of benzene rings is 2. The Balaban J connectivity index is 1.87. The predicted molar refractivity (Wildman–Crippen MR) is 114 cm³/mol. The number of rotatable bonds is 5. The van der Waals surface area contributed by atoms with Gasteiger partial charge in [-0.25, -0.2) is 4.42 Å². The van der Waals surface area contributed by atoms with Gasteiger partial charge in [0.05, 0.1) is 25.3 Å². The van der Waals surface area contributed by atoms with Gasteiger partial charge in [0.25, 0.3) is 0 Å². The van der Waals surface area contributed by atoms with Crippen LogP contribution < -0.4 is 9.47 Å². The minimum absolute atomic E-state index is 0.0141. The van der Waals surface area contributed by atoms with E-state index in [9.17, 15) is 40.9 Å². The molecule has 3 aromatic rings. The molecule has 2 aromatic carbocycles. The van der Waals surface area contributed by atoms with Crippen LogP contribution in [0.1, 0.15) is 0 Å². The maximum atomic E-state index is 10.4. The van der Waals surface area contributed by atoms with Gasteiger partial charge in [-0.1, -0.05) is 0 Å². The monoisotopic (exact) mass is 479 g/mol. The van der Waals surface area contributed by atoms with Crippen LogP contribution in [0.5, 0.6) is 34.5 Å². The first-order valence-electron chi connectivity index (χ1n) is 10.0. The zero-order valence-electron chi connectivity index (χ0n) is 17.7. The van der Waals surface area contributed by atoms with Crippen molar-refractivity contribution in [2.45, 2.75) is 30.7 Å². The molecule has 4 rings (SSSR count). The molecule has 1 fully saturated rings. The van der Waals surface area contributed by atoms with Crippen LogP contribution in [-0.2, 0) is 4.74 Å². The summed E-state index contributed by atoms with van der Waals surface area (Å²) in [6.45, 7) is -0.678. The summed E-state index contributed by atoms with van der Waals surface area (Å²) in [5, 5.41) is 80.1. The van der Waals surface area contributed by atoms with E-state index in [0.717, 1.165) is 12.1 Å². The van der Waals surface area contributed by atoms with Crippen molar-refractivity contribution in [2.24, 2.45) is 0 Å². The van der Waals surface area contributed by atoms with E-state index in [0.29, 0.717) is 0 Å². The molecule has 2 heterocycles. The van der Waals surface area contributed by atoms with E-state index < -0.39 is 48.8 Å². The number of phenolic OH excluding ortho intramolecular Hbond substituents is 4. The Kier molecular flexibility index (Phi) is 6.25. The fraction of sp³-hybridized carbons (Fsp3) is 0.318. The van der Waals surface area contributed by atoms with Gasteiger partial charge in [0.15, 0.2) is 11.5 Å². The number of ether oxygens (including phenoxy) is 3. The van der Waals surface area contributed by atoms with Crippen molar-refractivity contribution in [2.75, 3.05) is 13.7 Å². The molecular weight excluding hydrogens is 456 g/mol. The number of hydrogen-bond acceptors (Lipinski definition) is 11. The molecule has 0 aliphatic carbocycles. The van der Waals surface area contributed by atoms with Gasteiger partial charge in [-0.05, 0) is 0 Å². The summed E-state index contributed by atoms with van der Waals surface area (Å²) in [5.74, 6) is -2.12.